The van der Waals surface area contributed by atoms with Gasteiger partial charge in [-0.15, -0.1) is 0 Å². The summed E-state index contributed by atoms with van der Waals surface area (Å²) in [6, 6.07) is 9.47. The smallest absolute Gasteiger partial charge is 0.337 e. The standard InChI is InChI=1S/C21H23FN2O5S/c1-14-5-6-15(21(26)29-2)12-19(14)23-20(25)16-4-3-11-24(13-16)30(27,28)18-9-7-17(22)8-10-18/h5-10,12,16H,3-4,11,13H2,1-2H3,(H,23,25). The molecule has 0 aliphatic carbocycles. The third-order valence-electron chi connectivity index (χ3n) is 5.12. The molecule has 0 saturated carbocycles. The van der Waals surface area contributed by atoms with Crippen LogP contribution < -0.4 is 5.32 Å². The van der Waals surface area contributed by atoms with Crippen molar-refractivity contribution in [1.29, 1.82) is 0 Å². The normalized spacial score (nSPS) is 17.4. The van der Waals surface area contributed by atoms with Gasteiger partial charge in [0.25, 0.3) is 0 Å². The number of benzene rings is 2. The predicted octanol–water partition coefficient (Wildman–Crippen LogP) is 2.96. The molecule has 3 rings (SSSR count). The van der Waals surface area contributed by atoms with E-state index < -0.39 is 27.7 Å². The van der Waals surface area contributed by atoms with Crippen molar-refractivity contribution < 1.29 is 27.1 Å². The second-order valence-corrected chi connectivity index (χ2v) is 9.10. The van der Waals surface area contributed by atoms with Crippen molar-refractivity contribution in [3.05, 3.63) is 59.4 Å². The van der Waals surface area contributed by atoms with Gasteiger partial charge >= 0.3 is 5.97 Å². The van der Waals surface area contributed by atoms with Crippen LogP contribution in [0.5, 0.6) is 0 Å². The molecular formula is C21H23FN2O5S. The number of methoxy groups -OCH3 is 1. The van der Waals surface area contributed by atoms with Crippen LogP contribution in [0.25, 0.3) is 0 Å². The molecule has 9 heteroatoms. The highest BCUT2D eigenvalue weighted by atomic mass is 32.2. The number of sulfonamides is 1. The topological polar surface area (TPSA) is 92.8 Å². The van der Waals surface area contributed by atoms with Gasteiger partial charge in [0.2, 0.25) is 15.9 Å². The van der Waals surface area contributed by atoms with Crippen LogP contribution >= 0.6 is 0 Å². The van der Waals surface area contributed by atoms with E-state index in [2.05, 4.69) is 5.32 Å². The highest BCUT2D eigenvalue weighted by Gasteiger charge is 2.33. The van der Waals surface area contributed by atoms with Gasteiger partial charge in [-0.2, -0.15) is 4.31 Å². The molecule has 1 aliphatic rings. The summed E-state index contributed by atoms with van der Waals surface area (Å²) in [6.45, 7) is 2.12. The van der Waals surface area contributed by atoms with Crippen molar-refractivity contribution in [1.82, 2.24) is 4.31 Å². The van der Waals surface area contributed by atoms with Gasteiger partial charge in [0.1, 0.15) is 5.82 Å². The fourth-order valence-corrected chi connectivity index (χ4v) is 4.89. The number of anilines is 1. The van der Waals surface area contributed by atoms with Gasteiger partial charge in [-0.05, 0) is 61.7 Å². The van der Waals surface area contributed by atoms with E-state index in [1.807, 2.05) is 0 Å². The number of carbonyl (C=O) groups is 2. The first-order valence-electron chi connectivity index (χ1n) is 9.48. The Bertz CT molecular complexity index is 1050. The Hall–Kier alpha value is -2.78. The van der Waals surface area contributed by atoms with E-state index in [4.69, 9.17) is 4.74 Å². The van der Waals surface area contributed by atoms with Crippen molar-refractivity contribution in [2.45, 2.75) is 24.7 Å². The van der Waals surface area contributed by atoms with Gasteiger partial charge in [0, 0.05) is 18.8 Å². The summed E-state index contributed by atoms with van der Waals surface area (Å²) in [4.78, 5) is 24.6. The quantitative estimate of drug-likeness (QED) is 0.731. The minimum absolute atomic E-state index is 0.00779. The van der Waals surface area contributed by atoms with Crippen molar-refractivity contribution in [2.24, 2.45) is 5.92 Å². The summed E-state index contributed by atoms with van der Waals surface area (Å²) in [6.07, 6.45) is 1.07. The first-order valence-corrected chi connectivity index (χ1v) is 10.9. The van der Waals surface area contributed by atoms with Crippen LogP contribution in [0, 0.1) is 18.7 Å². The first-order chi connectivity index (χ1) is 14.2. The molecule has 0 radical (unpaired) electrons. The summed E-state index contributed by atoms with van der Waals surface area (Å²) in [5.74, 6) is -1.90. The summed E-state index contributed by atoms with van der Waals surface area (Å²) >= 11 is 0. The third kappa shape index (κ3) is 4.68. The van der Waals surface area contributed by atoms with Crippen molar-refractivity contribution >= 4 is 27.6 Å². The SMILES string of the molecule is COC(=O)c1ccc(C)c(NC(=O)C2CCCN(S(=O)(=O)c3ccc(F)cc3)C2)c1. The lowest BCUT2D eigenvalue weighted by atomic mass is 9.98. The number of nitrogens with zero attached hydrogens (tertiary/aromatic N) is 1. The number of piperidine rings is 1. The molecule has 0 spiro atoms. The number of nitrogens with one attached hydrogen (secondary N) is 1. The van der Waals surface area contributed by atoms with Crippen LogP contribution in [-0.4, -0.2) is 44.8 Å². The number of hydrogen-bond donors (Lipinski definition) is 1. The molecule has 160 valence electrons. The highest BCUT2D eigenvalue weighted by Crippen LogP contribution is 2.26. The predicted molar refractivity (Wildman–Crippen MR) is 109 cm³/mol. The van der Waals surface area contributed by atoms with E-state index in [1.54, 1.807) is 19.1 Å². The number of carbonyl (C=O) groups excluding carboxylic acids is 2. The second kappa shape index (κ2) is 8.93. The number of aryl methyl sites for hydroxylation is 1. The number of hydrogen-bond acceptors (Lipinski definition) is 5. The second-order valence-electron chi connectivity index (χ2n) is 7.17. The lowest BCUT2D eigenvalue weighted by Gasteiger charge is -2.31. The molecule has 1 aliphatic heterocycles. The maximum Gasteiger partial charge on any atom is 0.337 e. The Morgan fingerprint density at radius 3 is 2.53 bits per heavy atom. The van der Waals surface area contributed by atoms with E-state index in [9.17, 15) is 22.4 Å². The van der Waals surface area contributed by atoms with E-state index >= 15 is 0 Å². The molecule has 1 heterocycles. The fourth-order valence-electron chi connectivity index (χ4n) is 3.37. The molecule has 7 nitrogen and oxygen atoms in total. The Morgan fingerprint density at radius 2 is 1.87 bits per heavy atom. The molecule has 1 saturated heterocycles. The summed E-state index contributed by atoms with van der Waals surface area (Å²) in [5.41, 5.74) is 1.55. The zero-order valence-electron chi connectivity index (χ0n) is 16.7. The minimum Gasteiger partial charge on any atom is -0.465 e. The zero-order chi connectivity index (χ0) is 21.9. The molecule has 1 N–H and O–H groups in total. The Kier molecular flexibility index (Phi) is 6.52. The van der Waals surface area contributed by atoms with E-state index in [0.717, 1.165) is 17.7 Å². The molecule has 2 aromatic carbocycles. The Labute approximate surface area is 174 Å². The van der Waals surface area contributed by atoms with Gasteiger partial charge < -0.3 is 10.1 Å². The maximum atomic E-state index is 13.1. The van der Waals surface area contributed by atoms with Crippen LogP contribution in [0.15, 0.2) is 47.4 Å². The highest BCUT2D eigenvalue weighted by molar-refractivity contribution is 7.89. The van der Waals surface area contributed by atoms with Crippen LogP contribution in [0.4, 0.5) is 10.1 Å². The fraction of sp³-hybridized carbons (Fsp3) is 0.333. The van der Waals surface area contributed by atoms with Crippen molar-refractivity contribution in [3.8, 4) is 0 Å². The lowest BCUT2D eigenvalue weighted by molar-refractivity contribution is -0.120. The van der Waals surface area contributed by atoms with Gasteiger partial charge in [0.15, 0.2) is 0 Å². The van der Waals surface area contributed by atoms with Gasteiger partial charge in [-0.25, -0.2) is 17.6 Å². The molecule has 1 amide bonds. The van der Waals surface area contributed by atoms with Crippen LogP contribution in [-0.2, 0) is 19.6 Å². The molecule has 1 atom stereocenters. The molecule has 30 heavy (non-hydrogen) atoms. The molecule has 2 aromatic rings. The van der Waals surface area contributed by atoms with Gasteiger partial charge in [-0.3, -0.25) is 4.79 Å². The number of esters is 1. The monoisotopic (exact) mass is 434 g/mol. The largest absolute Gasteiger partial charge is 0.465 e. The summed E-state index contributed by atoms with van der Waals surface area (Å²) < 4.78 is 44.8. The molecule has 0 aromatic heterocycles. The van der Waals surface area contributed by atoms with Crippen molar-refractivity contribution in [3.63, 3.8) is 0 Å². The average Bonchev–Trinajstić information content (AvgIpc) is 2.75. The zero-order valence-corrected chi connectivity index (χ0v) is 17.5. The number of rotatable bonds is 5. The van der Waals surface area contributed by atoms with Gasteiger partial charge in [-0.1, -0.05) is 6.07 Å². The van der Waals surface area contributed by atoms with Crippen LogP contribution in [0.1, 0.15) is 28.8 Å². The van der Waals surface area contributed by atoms with Crippen LogP contribution in [0.3, 0.4) is 0 Å². The van der Waals surface area contributed by atoms with E-state index in [1.165, 1.54) is 29.6 Å². The number of halogens is 1. The number of amides is 1. The van der Waals surface area contributed by atoms with E-state index in [-0.39, 0.29) is 17.3 Å². The van der Waals surface area contributed by atoms with Gasteiger partial charge in [0.05, 0.1) is 23.5 Å². The average molecular weight is 434 g/mol. The first kappa shape index (κ1) is 21.9. The third-order valence-corrected chi connectivity index (χ3v) is 7.00. The minimum atomic E-state index is -3.82. The molecule has 0 bridgehead atoms. The molecule has 1 fully saturated rings. The Morgan fingerprint density at radius 1 is 1.17 bits per heavy atom. The van der Waals surface area contributed by atoms with Crippen LogP contribution in [0.2, 0.25) is 0 Å². The van der Waals surface area contributed by atoms with Crippen molar-refractivity contribution in [2.75, 3.05) is 25.5 Å². The number of ether oxygens (including phenoxy) is 1. The molecule has 1 unspecified atom stereocenters. The lowest BCUT2D eigenvalue weighted by Crippen LogP contribution is -2.43. The summed E-state index contributed by atoms with van der Waals surface area (Å²) in [5, 5.41) is 2.80. The Balaban J connectivity index is 1.75. The summed E-state index contributed by atoms with van der Waals surface area (Å²) in [7, 11) is -2.55. The molecular weight excluding hydrogens is 411 g/mol. The van der Waals surface area contributed by atoms with E-state index in [0.29, 0.717) is 30.6 Å². The maximum absolute atomic E-state index is 13.1.